The SMILES string of the molecule is CCNC(=NCC(O)c1cc(OC)cc(OC)c1)NCCCn1c(C)nc2ccccc21. The van der Waals surface area contributed by atoms with E-state index in [1.54, 1.807) is 32.4 Å². The van der Waals surface area contributed by atoms with Crippen LogP contribution in [-0.4, -0.2) is 54.5 Å². The molecule has 3 rings (SSSR count). The van der Waals surface area contributed by atoms with Gasteiger partial charge in [-0.05, 0) is 50.1 Å². The Labute approximate surface area is 189 Å². The van der Waals surface area contributed by atoms with Gasteiger partial charge in [-0.2, -0.15) is 0 Å². The molecule has 3 aromatic rings. The molecule has 8 heteroatoms. The second kappa shape index (κ2) is 11.4. The fourth-order valence-electron chi connectivity index (χ4n) is 3.57. The van der Waals surface area contributed by atoms with Crippen molar-refractivity contribution in [3.63, 3.8) is 0 Å². The molecule has 172 valence electrons. The van der Waals surface area contributed by atoms with E-state index < -0.39 is 6.10 Å². The van der Waals surface area contributed by atoms with Crippen LogP contribution in [0.1, 0.15) is 30.8 Å². The number of imidazole rings is 1. The summed E-state index contributed by atoms with van der Waals surface area (Å²) in [6.45, 7) is 6.62. The molecule has 0 amide bonds. The summed E-state index contributed by atoms with van der Waals surface area (Å²) in [6.07, 6.45) is 0.149. The fraction of sp³-hybridized carbons (Fsp3) is 0.417. The third-order valence-electron chi connectivity index (χ3n) is 5.22. The summed E-state index contributed by atoms with van der Waals surface area (Å²) >= 11 is 0. The van der Waals surface area contributed by atoms with E-state index in [0.717, 1.165) is 42.9 Å². The van der Waals surface area contributed by atoms with Crippen molar-refractivity contribution < 1.29 is 14.6 Å². The number of para-hydroxylation sites is 2. The first-order valence-electron chi connectivity index (χ1n) is 10.9. The lowest BCUT2D eigenvalue weighted by molar-refractivity contribution is 0.186. The van der Waals surface area contributed by atoms with Crippen molar-refractivity contribution in [2.45, 2.75) is 32.9 Å². The van der Waals surface area contributed by atoms with Gasteiger partial charge in [0.05, 0.1) is 37.9 Å². The van der Waals surface area contributed by atoms with Crippen LogP contribution in [-0.2, 0) is 6.54 Å². The van der Waals surface area contributed by atoms with Crippen molar-refractivity contribution in [3.8, 4) is 11.5 Å². The summed E-state index contributed by atoms with van der Waals surface area (Å²) in [7, 11) is 3.18. The van der Waals surface area contributed by atoms with E-state index in [9.17, 15) is 5.11 Å². The van der Waals surface area contributed by atoms with Crippen LogP contribution in [0.3, 0.4) is 0 Å². The fourth-order valence-corrected chi connectivity index (χ4v) is 3.57. The molecule has 0 fully saturated rings. The average Bonchev–Trinajstić information content (AvgIpc) is 3.14. The summed E-state index contributed by atoms with van der Waals surface area (Å²) in [5, 5.41) is 17.2. The van der Waals surface area contributed by atoms with Crippen LogP contribution in [0.5, 0.6) is 11.5 Å². The van der Waals surface area contributed by atoms with Crippen LogP contribution in [0.4, 0.5) is 0 Å². The van der Waals surface area contributed by atoms with Gasteiger partial charge in [0.25, 0.3) is 0 Å². The first-order valence-corrected chi connectivity index (χ1v) is 10.9. The molecule has 8 nitrogen and oxygen atoms in total. The number of methoxy groups -OCH3 is 2. The zero-order valence-electron chi connectivity index (χ0n) is 19.3. The summed E-state index contributed by atoms with van der Waals surface area (Å²) in [5.41, 5.74) is 2.88. The highest BCUT2D eigenvalue weighted by molar-refractivity contribution is 5.79. The maximum Gasteiger partial charge on any atom is 0.191 e. The second-order valence-corrected chi connectivity index (χ2v) is 7.46. The first kappa shape index (κ1) is 23.4. The predicted molar refractivity (Wildman–Crippen MR) is 128 cm³/mol. The van der Waals surface area contributed by atoms with E-state index in [-0.39, 0.29) is 6.54 Å². The van der Waals surface area contributed by atoms with Gasteiger partial charge in [0.1, 0.15) is 17.3 Å². The van der Waals surface area contributed by atoms with Crippen molar-refractivity contribution in [2.24, 2.45) is 4.99 Å². The van der Waals surface area contributed by atoms with Crippen molar-refractivity contribution in [1.82, 2.24) is 20.2 Å². The van der Waals surface area contributed by atoms with Gasteiger partial charge >= 0.3 is 0 Å². The molecule has 0 spiro atoms. The number of hydrogen-bond acceptors (Lipinski definition) is 5. The van der Waals surface area contributed by atoms with Crippen molar-refractivity contribution >= 4 is 17.0 Å². The Morgan fingerprint density at radius 1 is 1.12 bits per heavy atom. The highest BCUT2D eigenvalue weighted by atomic mass is 16.5. The van der Waals surface area contributed by atoms with E-state index in [1.807, 2.05) is 32.0 Å². The minimum Gasteiger partial charge on any atom is -0.497 e. The molecular formula is C24H33N5O3. The maximum atomic E-state index is 10.6. The van der Waals surface area contributed by atoms with Crippen LogP contribution in [0.15, 0.2) is 47.5 Å². The number of aryl methyl sites for hydroxylation is 2. The molecule has 0 saturated carbocycles. The van der Waals surface area contributed by atoms with E-state index in [2.05, 4.69) is 31.2 Å². The zero-order valence-corrected chi connectivity index (χ0v) is 19.3. The monoisotopic (exact) mass is 439 g/mol. The molecule has 3 N–H and O–H groups in total. The molecule has 0 radical (unpaired) electrons. The third kappa shape index (κ3) is 5.91. The van der Waals surface area contributed by atoms with E-state index >= 15 is 0 Å². The molecule has 0 aliphatic heterocycles. The number of fused-ring (bicyclic) bond motifs is 1. The number of aliphatic hydroxyl groups excluding tert-OH is 1. The minimum atomic E-state index is -0.769. The molecule has 0 aliphatic carbocycles. The normalized spacial score (nSPS) is 12.6. The van der Waals surface area contributed by atoms with Crippen molar-refractivity contribution in [2.75, 3.05) is 33.9 Å². The predicted octanol–water partition coefficient (Wildman–Crippen LogP) is 3.04. The zero-order chi connectivity index (χ0) is 22.9. The lowest BCUT2D eigenvalue weighted by atomic mass is 10.1. The minimum absolute atomic E-state index is 0.219. The third-order valence-corrected chi connectivity index (χ3v) is 5.22. The van der Waals surface area contributed by atoms with Crippen LogP contribution in [0, 0.1) is 6.92 Å². The number of benzene rings is 2. The van der Waals surface area contributed by atoms with Gasteiger partial charge in [-0.1, -0.05) is 12.1 Å². The summed E-state index contributed by atoms with van der Waals surface area (Å²) in [6, 6.07) is 13.5. The molecule has 0 aliphatic rings. The van der Waals surface area contributed by atoms with Crippen LogP contribution in [0.2, 0.25) is 0 Å². The number of aliphatic hydroxyl groups is 1. The van der Waals surface area contributed by atoms with E-state index in [4.69, 9.17) is 9.47 Å². The highest BCUT2D eigenvalue weighted by Crippen LogP contribution is 2.26. The number of ether oxygens (including phenoxy) is 2. The second-order valence-electron chi connectivity index (χ2n) is 7.46. The number of aromatic nitrogens is 2. The lowest BCUT2D eigenvalue weighted by Crippen LogP contribution is -2.38. The highest BCUT2D eigenvalue weighted by Gasteiger charge is 2.12. The Hall–Kier alpha value is -3.26. The standard InChI is InChI=1S/C24H33N5O3/c1-5-25-24(27-16-23(30)18-13-19(31-3)15-20(14-18)32-4)26-11-8-12-29-17(2)28-21-9-6-7-10-22(21)29/h6-7,9-10,13-15,23,30H,5,8,11-12,16H2,1-4H3,(H2,25,26,27). The van der Waals surface area contributed by atoms with Crippen LogP contribution < -0.4 is 20.1 Å². The van der Waals surface area contributed by atoms with Crippen LogP contribution >= 0.6 is 0 Å². The Bertz CT molecular complexity index is 1030. The molecule has 0 saturated heterocycles. The summed E-state index contributed by atoms with van der Waals surface area (Å²) < 4.78 is 12.8. The Balaban J connectivity index is 1.57. The summed E-state index contributed by atoms with van der Waals surface area (Å²) in [5.74, 6) is 2.96. The quantitative estimate of drug-likeness (QED) is 0.255. The van der Waals surface area contributed by atoms with Crippen LogP contribution in [0.25, 0.3) is 11.0 Å². The smallest absolute Gasteiger partial charge is 0.191 e. The number of nitrogens with one attached hydrogen (secondary N) is 2. The van der Waals surface area contributed by atoms with Gasteiger partial charge in [-0.3, -0.25) is 4.99 Å². The molecule has 1 unspecified atom stereocenters. The number of guanidine groups is 1. The van der Waals surface area contributed by atoms with E-state index in [1.165, 1.54) is 0 Å². The number of hydrogen-bond donors (Lipinski definition) is 3. The van der Waals surface area contributed by atoms with Gasteiger partial charge < -0.3 is 29.8 Å². The topological polar surface area (TPSA) is 92.9 Å². The van der Waals surface area contributed by atoms with Gasteiger partial charge in [0, 0.05) is 25.7 Å². The van der Waals surface area contributed by atoms with Gasteiger partial charge in [0.15, 0.2) is 5.96 Å². The first-order chi connectivity index (χ1) is 15.5. The number of aliphatic imine (C=N–C) groups is 1. The number of rotatable bonds is 10. The van der Waals surface area contributed by atoms with Crippen molar-refractivity contribution in [3.05, 3.63) is 53.9 Å². The molecule has 1 atom stereocenters. The lowest BCUT2D eigenvalue weighted by Gasteiger charge is -2.15. The van der Waals surface area contributed by atoms with Gasteiger partial charge in [0.2, 0.25) is 0 Å². The Kier molecular flexibility index (Phi) is 8.33. The molecule has 1 heterocycles. The molecular weight excluding hydrogens is 406 g/mol. The molecule has 2 aromatic carbocycles. The van der Waals surface area contributed by atoms with E-state index in [0.29, 0.717) is 23.0 Å². The molecule has 0 bridgehead atoms. The Morgan fingerprint density at radius 3 is 2.53 bits per heavy atom. The van der Waals surface area contributed by atoms with Gasteiger partial charge in [-0.15, -0.1) is 0 Å². The number of nitrogens with zero attached hydrogens (tertiary/aromatic N) is 3. The summed E-state index contributed by atoms with van der Waals surface area (Å²) in [4.78, 5) is 9.17. The largest absolute Gasteiger partial charge is 0.497 e. The van der Waals surface area contributed by atoms with Gasteiger partial charge in [-0.25, -0.2) is 4.98 Å². The maximum absolute atomic E-state index is 10.6. The average molecular weight is 440 g/mol. The van der Waals surface area contributed by atoms with Crippen molar-refractivity contribution in [1.29, 1.82) is 0 Å². The Morgan fingerprint density at radius 2 is 1.84 bits per heavy atom. The molecule has 32 heavy (non-hydrogen) atoms. The molecule has 1 aromatic heterocycles.